The highest BCUT2D eigenvalue weighted by Gasteiger charge is 2.61. The maximum Gasteiger partial charge on any atom is 0.316 e. The van der Waals surface area contributed by atoms with E-state index in [1.165, 1.54) is 17.6 Å². The summed E-state index contributed by atoms with van der Waals surface area (Å²) in [7, 11) is 1.84. The number of hydrogen-bond acceptors (Lipinski definition) is 3. The summed E-state index contributed by atoms with van der Waals surface area (Å²) in [6, 6.07) is 8.12. The lowest BCUT2D eigenvalue weighted by molar-refractivity contribution is -0.143. The second kappa shape index (κ2) is 5.69. The van der Waals surface area contributed by atoms with Gasteiger partial charge in [0.05, 0.1) is 11.0 Å². The molecule has 5 rings (SSSR count). The Labute approximate surface area is 156 Å². The van der Waals surface area contributed by atoms with E-state index in [2.05, 4.69) is 18.7 Å². The van der Waals surface area contributed by atoms with Gasteiger partial charge in [-0.25, -0.2) is 0 Å². The molecule has 0 radical (unpaired) electrons. The molecule has 4 saturated carbocycles. The largest absolute Gasteiger partial charge is 0.426 e. The summed E-state index contributed by atoms with van der Waals surface area (Å²) < 4.78 is 11.7. The van der Waals surface area contributed by atoms with Crippen molar-refractivity contribution in [3.05, 3.63) is 42.0 Å². The van der Waals surface area contributed by atoms with Gasteiger partial charge in [0.2, 0.25) is 0 Å². The molecule has 0 heterocycles. The van der Waals surface area contributed by atoms with Crippen molar-refractivity contribution in [3.8, 4) is 5.75 Å². The van der Waals surface area contributed by atoms with Crippen LogP contribution in [0.25, 0.3) is 0 Å². The average Bonchev–Trinajstić information content (AvgIpc) is 2.58. The van der Waals surface area contributed by atoms with Gasteiger partial charge in [-0.1, -0.05) is 18.7 Å². The number of methoxy groups -OCH3 is 1. The fraction of sp³-hybridized carbons (Fsp3) is 0.609. The van der Waals surface area contributed by atoms with Crippen LogP contribution in [-0.2, 0) is 14.9 Å². The molecule has 3 nitrogen and oxygen atoms in total. The SMILES string of the molecule is C=C1C2(OC)CC3CC(C2)CC1(c1cccc(OC(=O)C(C)(C)C)c1)C3. The highest BCUT2D eigenvalue weighted by molar-refractivity contribution is 5.77. The molecule has 2 atom stereocenters. The number of carbonyl (C=O) groups excluding carboxylic acids is 1. The third-order valence-corrected chi connectivity index (χ3v) is 6.91. The zero-order valence-electron chi connectivity index (χ0n) is 16.4. The van der Waals surface area contributed by atoms with E-state index >= 15 is 0 Å². The van der Waals surface area contributed by atoms with Gasteiger partial charge in [-0.15, -0.1) is 0 Å². The lowest BCUT2D eigenvalue weighted by Gasteiger charge is -2.63. The summed E-state index contributed by atoms with van der Waals surface area (Å²) in [5.41, 5.74) is 1.75. The molecule has 0 aromatic heterocycles. The molecule has 140 valence electrons. The molecule has 4 fully saturated rings. The van der Waals surface area contributed by atoms with Crippen LogP contribution in [0.15, 0.2) is 36.4 Å². The van der Waals surface area contributed by atoms with Gasteiger partial charge in [0.25, 0.3) is 0 Å². The van der Waals surface area contributed by atoms with Crippen molar-refractivity contribution in [3.63, 3.8) is 0 Å². The standard InChI is InChI=1S/C23H30O3/c1-15-22(11-16-9-17(12-22)14-23(15,13-16)25-5)18-7-6-8-19(10-18)26-20(24)21(2,3)4/h6-8,10,16-17H,1,9,11-14H2,2-5H3. The van der Waals surface area contributed by atoms with Gasteiger partial charge < -0.3 is 9.47 Å². The number of benzene rings is 1. The van der Waals surface area contributed by atoms with Crippen LogP contribution in [0.1, 0.15) is 58.4 Å². The molecular formula is C23H30O3. The summed E-state index contributed by atoms with van der Waals surface area (Å²) in [5.74, 6) is 1.84. The first-order valence-corrected chi connectivity index (χ1v) is 9.76. The second-order valence-corrected chi connectivity index (χ2v) is 9.71. The van der Waals surface area contributed by atoms with Crippen molar-refractivity contribution in [1.29, 1.82) is 0 Å². The van der Waals surface area contributed by atoms with Crippen molar-refractivity contribution in [2.45, 2.75) is 63.9 Å². The van der Waals surface area contributed by atoms with E-state index in [1.807, 2.05) is 40.0 Å². The van der Waals surface area contributed by atoms with Gasteiger partial charge in [-0.05, 0) is 88.0 Å². The molecule has 4 aliphatic rings. The van der Waals surface area contributed by atoms with Gasteiger partial charge in [-0.3, -0.25) is 4.79 Å². The third kappa shape index (κ3) is 2.55. The highest BCUT2D eigenvalue weighted by atomic mass is 16.5. The van der Waals surface area contributed by atoms with Crippen LogP contribution in [0.5, 0.6) is 5.75 Å². The van der Waals surface area contributed by atoms with Crippen molar-refractivity contribution >= 4 is 5.97 Å². The van der Waals surface area contributed by atoms with E-state index < -0.39 is 5.41 Å². The van der Waals surface area contributed by atoms with E-state index in [9.17, 15) is 4.79 Å². The average molecular weight is 354 g/mol. The molecule has 0 spiro atoms. The number of hydrogen-bond donors (Lipinski definition) is 0. The Morgan fingerprint density at radius 2 is 1.81 bits per heavy atom. The van der Waals surface area contributed by atoms with E-state index in [4.69, 9.17) is 9.47 Å². The van der Waals surface area contributed by atoms with E-state index in [0.717, 1.165) is 25.7 Å². The molecule has 26 heavy (non-hydrogen) atoms. The molecule has 2 unspecified atom stereocenters. The van der Waals surface area contributed by atoms with Crippen molar-refractivity contribution in [1.82, 2.24) is 0 Å². The van der Waals surface area contributed by atoms with Crippen LogP contribution in [0.4, 0.5) is 0 Å². The Kier molecular flexibility index (Phi) is 3.89. The molecule has 0 N–H and O–H groups in total. The first kappa shape index (κ1) is 17.8. The van der Waals surface area contributed by atoms with Crippen LogP contribution in [0.2, 0.25) is 0 Å². The number of esters is 1. The first-order chi connectivity index (χ1) is 12.2. The Hall–Kier alpha value is -1.61. The molecule has 0 saturated heterocycles. The van der Waals surface area contributed by atoms with E-state index in [1.54, 1.807) is 0 Å². The fourth-order valence-corrected chi connectivity index (χ4v) is 5.78. The van der Waals surface area contributed by atoms with Crippen LogP contribution in [0.3, 0.4) is 0 Å². The van der Waals surface area contributed by atoms with Crippen LogP contribution in [-0.4, -0.2) is 18.7 Å². The van der Waals surface area contributed by atoms with Crippen LogP contribution >= 0.6 is 0 Å². The quantitative estimate of drug-likeness (QED) is 0.433. The zero-order chi connectivity index (χ0) is 18.7. The number of rotatable bonds is 3. The van der Waals surface area contributed by atoms with Crippen LogP contribution in [0, 0.1) is 17.3 Å². The monoisotopic (exact) mass is 354 g/mol. The molecule has 4 bridgehead atoms. The molecule has 4 aliphatic carbocycles. The minimum Gasteiger partial charge on any atom is -0.426 e. The van der Waals surface area contributed by atoms with Crippen molar-refractivity contribution < 1.29 is 14.3 Å². The molecule has 1 aromatic carbocycles. The number of carbonyl (C=O) groups is 1. The molecule has 3 heteroatoms. The van der Waals surface area contributed by atoms with Gasteiger partial charge >= 0.3 is 5.97 Å². The normalized spacial score (nSPS) is 35.6. The summed E-state index contributed by atoms with van der Waals surface area (Å²) in [5, 5.41) is 0. The molecular weight excluding hydrogens is 324 g/mol. The molecule has 0 aliphatic heterocycles. The van der Waals surface area contributed by atoms with Gasteiger partial charge in [0.15, 0.2) is 0 Å². The summed E-state index contributed by atoms with van der Waals surface area (Å²) in [6.45, 7) is 10.2. The minimum absolute atomic E-state index is 0.0375. The smallest absolute Gasteiger partial charge is 0.316 e. The topological polar surface area (TPSA) is 35.5 Å². The third-order valence-electron chi connectivity index (χ3n) is 6.91. The highest BCUT2D eigenvalue weighted by Crippen LogP contribution is 2.65. The van der Waals surface area contributed by atoms with E-state index in [0.29, 0.717) is 17.6 Å². The van der Waals surface area contributed by atoms with Gasteiger partial charge in [-0.2, -0.15) is 0 Å². The Bertz CT molecular complexity index is 741. The van der Waals surface area contributed by atoms with Crippen LogP contribution < -0.4 is 4.74 Å². The Balaban J connectivity index is 1.70. The van der Waals surface area contributed by atoms with Gasteiger partial charge in [0, 0.05) is 12.5 Å². The maximum absolute atomic E-state index is 12.3. The predicted molar refractivity (Wildman–Crippen MR) is 102 cm³/mol. The first-order valence-electron chi connectivity index (χ1n) is 9.76. The summed E-state index contributed by atoms with van der Waals surface area (Å²) in [4.78, 5) is 12.3. The Morgan fingerprint density at radius 1 is 1.15 bits per heavy atom. The maximum atomic E-state index is 12.3. The Morgan fingerprint density at radius 3 is 2.38 bits per heavy atom. The predicted octanol–water partition coefficient (Wildman–Crippen LogP) is 5.04. The minimum atomic E-state index is -0.513. The fourth-order valence-electron chi connectivity index (χ4n) is 5.78. The van der Waals surface area contributed by atoms with E-state index in [-0.39, 0.29) is 17.0 Å². The van der Waals surface area contributed by atoms with Gasteiger partial charge in [0.1, 0.15) is 5.75 Å². The lowest BCUT2D eigenvalue weighted by Crippen LogP contribution is -2.59. The lowest BCUT2D eigenvalue weighted by atomic mass is 9.44. The molecule has 0 amide bonds. The van der Waals surface area contributed by atoms with Crippen molar-refractivity contribution in [2.24, 2.45) is 17.3 Å². The number of ether oxygens (including phenoxy) is 2. The summed E-state index contributed by atoms with van der Waals surface area (Å²) >= 11 is 0. The zero-order valence-corrected chi connectivity index (χ0v) is 16.4. The van der Waals surface area contributed by atoms with Crippen molar-refractivity contribution in [2.75, 3.05) is 7.11 Å². The second-order valence-electron chi connectivity index (χ2n) is 9.71. The summed E-state index contributed by atoms with van der Waals surface area (Å²) in [6.07, 6.45) is 5.83. The molecule has 1 aromatic rings.